The van der Waals surface area contributed by atoms with E-state index < -0.39 is 34.7 Å². The lowest BCUT2D eigenvalue weighted by Crippen LogP contribution is -2.32. The van der Waals surface area contributed by atoms with Gasteiger partial charge in [-0.25, -0.2) is 8.78 Å². The largest absolute Gasteiger partial charge is 0.497 e. The van der Waals surface area contributed by atoms with E-state index in [0.717, 1.165) is 66.6 Å². The van der Waals surface area contributed by atoms with E-state index >= 15 is 0 Å². The van der Waals surface area contributed by atoms with Crippen LogP contribution in [0.2, 0.25) is 0 Å². The first-order chi connectivity index (χ1) is 22.9. The van der Waals surface area contributed by atoms with Gasteiger partial charge in [0, 0.05) is 36.8 Å². The molecule has 0 atom stereocenters. The van der Waals surface area contributed by atoms with Crippen LogP contribution in [0.25, 0.3) is 22.2 Å². The predicted molar refractivity (Wildman–Crippen MR) is 170 cm³/mol. The quantitative estimate of drug-likeness (QED) is 0.171. The second kappa shape index (κ2) is 13.1. The summed E-state index contributed by atoms with van der Waals surface area (Å²) in [4.78, 5) is 17.6. The Morgan fingerprint density at radius 3 is 2.57 bits per heavy atom. The van der Waals surface area contributed by atoms with Crippen LogP contribution in [-0.2, 0) is 19.7 Å². The van der Waals surface area contributed by atoms with E-state index in [2.05, 4.69) is 47.2 Å². The van der Waals surface area contributed by atoms with Crippen molar-refractivity contribution >= 4 is 16.8 Å². The van der Waals surface area contributed by atoms with E-state index in [1.807, 2.05) is 4.68 Å². The predicted octanol–water partition coefficient (Wildman–Crippen LogP) is 6.87. The number of aromatic nitrogens is 3. The monoisotopic (exact) mass is 641 g/mol. The van der Waals surface area contributed by atoms with Crippen molar-refractivity contribution < 1.29 is 27.4 Å². The third kappa shape index (κ3) is 6.40. The molecule has 3 aromatic carbocycles. The van der Waals surface area contributed by atoms with Gasteiger partial charge < -0.3 is 20.1 Å². The second-order valence-corrected chi connectivity index (χ2v) is 12.2. The Morgan fingerprint density at radius 2 is 1.79 bits per heavy atom. The molecule has 1 fully saturated rings. The summed E-state index contributed by atoms with van der Waals surface area (Å²) < 4.78 is 56.8. The van der Waals surface area contributed by atoms with Gasteiger partial charge in [-0.05, 0) is 73.1 Å². The minimum atomic E-state index is -1.54. The molecule has 0 saturated heterocycles. The number of ether oxygens (including phenoxy) is 2. The molecule has 47 heavy (non-hydrogen) atoms. The Balaban J connectivity index is 0.935. The summed E-state index contributed by atoms with van der Waals surface area (Å²) in [6.45, 7) is 1.73. The average molecular weight is 642 g/mol. The summed E-state index contributed by atoms with van der Waals surface area (Å²) in [7, 11) is 1.52. The highest BCUT2D eigenvalue weighted by Gasteiger charge is 2.27. The molecule has 1 amide bonds. The first-order valence-electron chi connectivity index (χ1n) is 15.8. The zero-order valence-corrected chi connectivity index (χ0v) is 25.9. The summed E-state index contributed by atoms with van der Waals surface area (Å²) in [5, 5.41) is 11.9. The highest BCUT2D eigenvalue weighted by molar-refractivity contribution is 5.94. The van der Waals surface area contributed by atoms with Gasteiger partial charge in [-0.1, -0.05) is 30.3 Å². The molecule has 242 valence electrons. The van der Waals surface area contributed by atoms with Gasteiger partial charge in [0.15, 0.2) is 17.4 Å². The molecule has 2 aromatic heterocycles. The topological polar surface area (TPSA) is 90.3 Å². The lowest BCUT2D eigenvalue weighted by molar-refractivity contribution is 0.0935. The first-order valence-corrected chi connectivity index (χ1v) is 15.8. The van der Waals surface area contributed by atoms with Crippen molar-refractivity contribution in [2.75, 3.05) is 13.7 Å². The van der Waals surface area contributed by atoms with E-state index in [0.29, 0.717) is 17.4 Å². The molecule has 5 aromatic rings. The standard InChI is InChI=1S/C36H34F3N5O3/c1-46-27-11-4-22(5-12-27)20-47-35-29(37)15-28(33(38)34(35)39)36(45)41-16-21-2-9-26(10-3-21)44-19-25-7-6-23(14-31(25)43-44)30-13-8-24-17-40-18-32(24)42-30/h4-8,11-15,19,21,26,40H,2-3,9-10,16-18,20H2,1H3,(H,41,45)/t21-,26-. The summed E-state index contributed by atoms with van der Waals surface area (Å²) in [5.74, 6) is -5.11. The summed E-state index contributed by atoms with van der Waals surface area (Å²) in [6.07, 6.45) is 5.44. The van der Waals surface area contributed by atoms with Crippen LogP contribution in [0.15, 0.2) is 66.9 Å². The third-order valence-electron chi connectivity index (χ3n) is 9.14. The fourth-order valence-corrected chi connectivity index (χ4v) is 6.40. The smallest absolute Gasteiger partial charge is 0.254 e. The normalized spacial score (nSPS) is 17.4. The number of hydrogen-bond acceptors (Lipinski definition) is 6. The van der Waals surface area contributed by atoms with Gasteiger partial charge in [0.25, 0.3) is 5.91 Å². The Morgan fingerprint density at radius 1 is 0.979 bits per heavy atom. The van der Waals surface area contributed by atoms with Gasteiger partial charge >= 0.3 is 0 Å². The zero-order valence-electron chi connectivity index (χ0n) is 25.9. The highest BCUT2D eigenvalue weighted by atomic mass is 19.2. The van der Waals surface area contributed by atoms with Crippen LogP contribution in [0.5, 0.6) is 11.5 Å². The van der Waals surface area contributed by atoms with Crippen molar-refractivity contribution in [1.82, 2.24) is 25.4 Å². The maximum atomic E-state index is 14.9. The molecule has 0 radical (unpaired) electrons. The zero-order chi connectivity index (χ0) is 32.5. The molecular formula is C36H34F3N5O3. The third-order valence-corrected chi connectivity index (χ3v) is 9.14. The second-order valence-electron chi connectivity index (χ2n) is 12.2. The SMILES string of the molecule is COc1ccc(COc2c(F)cc(C(=O)NC[C@H]3CC[C@H](n4cc5ccc(-c6ccc7c(n6)CNC7)cc5n4)CC3)c(F)c2F)cc1. The maximum Gasteiger partial charge on any atom is 0.254 e. The van der Waals surface area contributed by atoms with Crippen LogP contribution in [-0.4, -0.2) is 34.3 Å². The Labute approximate surface area is 269 Å². The summed E-state index contributed by atoms with van der Waals surface area (Å²) >= 11 is 0. The lowest BCUT2D eigenvalue weighted by atomic mass is 9.86. The maximum absolute atomic E-state index is 14.9. The minimum absolute atomic E-state index is 0.150. The van der Waals surface area contributed by atoms with E-state index in [-0.39, 0.29) is 25.1 Å². The molecule has 1 aliphatic heterocycles. The molecule has 7 rings (SSSR count). The number of fused-ring (bicyclic) bond motifs is 2. The minimum Gasteiger partial charge on any atom is -0.497 e. The van der Waals surface area contributed by atoms with Gasteiger partial charge in [0.05, 0.1) is 35.6 Å². The van der Waals surface area contributed by atoms with E-state index in [1.165, 1.54) is 12.7 Å². The Bertz CT molecular complexity index is 1940. The molecular weight excluding hydrogens is 607 g/mol. The fourth-order valence-electron chi connectivity index (χ4n) is 6.40. The molecule has 0 unspecified atom stereocenters. The number of amides is 1. The van der Waals surface area contributed by atoms with Crippen LogP contribution in [0.3, 0.4) is 0 Å². The van der Waals surface area contributed by atoms with E-state index in [4.69, 9.17) is 19.6 Å². The van der Waals surface area contributed by atoms with Crippen LogP contribution in [0, 0.1) is 23.4 Å². The fraction of sp³-hybridized carbons (Fsp3) is 0.306. The molecule has 0 spiro atoms. The Hall–Kier alpha value is -4.90. The van der Waals surface area contributed by atoms with Crippen LogP contribution < -0.4 is 20.1 Å². The number of pyridine rings is 1. The number of methoxy groups -OCH3 is 1. The number of carbonyl (C=O) groups is 1. The lowest BCUT2D eigenvalue weighted by Gasteiger charge is -2.28. The molecule has 2 aliphatic rings. The molecule has 0 bridgehead atoms. The van der Waals surface area contributed by atoms with Gasteiger partial charge in [-0.15, -0.1) is 0 Å². The van der Waals surface area contributed by atoms with Crippen molar-refractivity contribution in [3.8, 4) is 22.8 Å². The number of nitrogens with zero attached hydrogens (tertiary/aromatic N) is 3. The molecule has 3 heterocycles. The number of rotatable bonds is 9. The van der Waals surface area contributed by atoms with E-state index in [9.17, 15) is 18.0 Å². The van der Waals surface area contributed by atoms with Crippen LogP contribution >= 0.6 is 0 Å². The highest BCUT2D eigenvalue weighted by Crippen LogP contribution is 2.34. The number of halogens is 3. The molecule has 1 saturated carbocycles. The van der Waals surface area contributed by atoms with Gasteiger partial charge in [0.1, 0.15) is 12.4 Å². The van der Waals surface area contributed by atoms with Crippen molar-refractivity contribution in [2.45, 2.75) is 51.4 Å². The number of hydrogen-bond donors (Lipinski definition) is 2. The van der Waals surface area contributed by atoms with Crippen molar-refractivity contribution in [3.05, 3.63) is 107 Å². The molecule has 11 heteroatoms. The average Bonchev–Trinajstić information content (AvgIpc) is 3.76. The van der Waals surface area contributed by atoms with Crippen LogP contribution in [0.1, 0.15) is 58.9 Å². The van der Waals surface area contributed by atoms with Crippen molar-refractivity contribution in [1.29, 1.82) is 0 Å². The molecule has 2 N–H and O–H groups in total. The van der Waals surface area contributed by atoms with E-state index in [1.54, 1.807) is 24.3 Å². The van der Waals surface area contributed by atoms with Crippen LogP contribution in [0.4, 0.5) is 13.2 Å². The van der Waals surface area contributed by atoms with Crippen molar-refractivity contribution in [2.24, 2.45) is 5.92 Å². The summed E-state index contributed by atoms with van der Waals surface area (Å²) in [5.41, 5.74) is 5.13. The number of carbonyl (C=O) groups excluding carboxylic acids is 1. The van der Waals surface area contributed by atoms with Gasteiger partial charge in [0.2, 0.25) is 5.82 Å². The molecule has 1 aliphatic carbocycles. The Kier molecular flexibility index (Phi) is 8.55. The summed E-state index contributed by atoms with van der Waals surface area (Å²) in [6, 6.07) is 18.0. The van der Waals surface area contributed by atoms with Gasteiger partial charge in [-0.2, -0.15) is 9.49 Å². The van der Waals surface area contributed by atoms with Gasteiger partial charge in [-0.3, -0.25) is 14.5 Å². The number of nitrogens with one attached hydrogen (secondary N) is 2. The van der Waals surface area contributed by atoms with Crippen molar-refractivity contribution in [3.63, 3.8) is 0 Å². The first kappa shape index (κ1) is 30.7. The number of benzene rings is 3. The molecule has 8 nitrogen and oxygen atoms in total.